The number of aliphatic hydroxyl groups excluding tert-OH is 1. The van der Waals surface area contributed by atoms with E-state index in [2.05, 4.69) is 0 Å². The van der Waals surface area contributed by atoms with Crippen molar-refractivity contribution in [1.82, 2.24) is 4.90 Å². The fourth-order valence-corrected chi connectivity index (χ4v) is 5.04. The van der Waals surface area contributed by atoms with Crippen molar-refractivity contribution < 1.29 is 19.4 Å². The maximum Gasteiger partial charge on any atom is 0.295 e. The van der Waals surface area contributed by atoms with Crippen molar-refractivity contribution in [3.63, 3.8) is 0 Å². The summed E-state index contributed by atoms with van der Waals surface area (Å²) < 4.78 is 5.46. The first kappa shape index (κ1) is 22.1. The van der Waals surface area contributed by atoms with Gasteiger partial charge in [0.25, 0.3) is 11.7 Å². The number of likely N-dealkylation sites (tertiary alicyclic amines) is 1. The van der Waals surface area contributed by atoms with E-state index in [0.717, 1.165) is 49.0 Å². The fourth-order valence-electron chi connectivity index (χ4n) is 5.04. The molecule has 2 aromatic carbocycles. The second-order valence-corrected chi connectivity index (χ2v) is 9.02. The van der Waals surface area contributed by atoms with Crippen LogP contribution in [0.4, 0.5) is 0 Å². The molecule has 1 aliphatic heterocycles. The summed E-state index contributed by atoms with van der Waals surface area (Å²) in [5.41, 5.74) is 2.48. The Balaban J connectivity index is 1.87. The van der Waals surface area contributed by atoms with E-state index in [1.54, 1.807) is 24.1 Å². The van der Waals surface area contributed by atoms with Crippen LogP contribution < -0.4 is 4.74 Å². The van der Waals surface area contributed by atoms with Crippen LogP contribution in [0.2, 0.25) is 0 Å². The maximum absolute atomic E-state index is 13.3. The minimum absolute atomic E-state index is 0.0119. The number of ketones is 1. The van der Waals surface area contributed by atoms with E-state index < -0.39 is 17.7 Å². The lowest BCUT2D eigenvalue weighted by Crippen LogP contribution is -2.40. The third-order valence-corrected chi connectivity index (χ3v) is 6.69. The van der Waals surface area contributed by atoms with E-state index in [9.17, 15) is 14.7 Å². The van der Waals surface area contributed by atoms with E-state index in [1.165, 1.54) is 0 Å². The second kappa shape index (κ2) is 9.19. The number of amides is 1. The molecule has 1 atom stereocenters. The van der Waals surface area contributed by atoms with Crippen LogP contribution in [0, 0.1) is 0 Å². The lowest BCUT2D eigenvalue weighted by atomic mass is 9.90. The van der Waals surface area contributed by atoms with Gasteiger partial charge in [-0.3, -0.25) is 9.59 Å². The van der Waals surface area contributed by atoms with Crippen molar-refractivity contribution >= 4 is 17.4 Å². The van der Waals surface area contributed by atoms with Gasteiger partial charge in [-0.15, -0.1) is 0 Å². The van der Waals surface area contributed by atoms with Crippen molar-refractivity contribution in [3.8, 4) is 5.75 Å². The number of hydrogen-bond donors (Lipinski definition) is 1. The molecule has 2 aliphatic rings. The molecule has 1 saturated heterocycles. The van der Waals surface area contributed by atoms with Gasteiger partial charge in [0.05, 0.1) is 18.7 Å². The Hall–Kier alpha value is -3.08. The van der Waals surface area contributed by atoms with E-state index >= 15 is 0 Å². The van der Waals surface area contributed by atoms with Crippen molar-refractivity contribution in [2.24, 2.45) is 0 Å². The molecule has 4 rings (SSSR count). The molecular weight excluding hydrogens is 402 g/mol. The second-order valence-electron chi connectivity index (χ2n) is 9.02. The number of benzene rings is 2. The summed E-state index contributed by atoms with van der Waals surface area (Å²) in [6.45, 7) is 4.10. The highest BCUT2D eigenvalue weighted by molar-refractivity contribution is 6.46. The Labute approximate surface area is 189 Å². The zero-order valence-corrected chi connectivity index (χ0v) is 19.0. The number of aliphatic hydroxyl groups is 1. The standard InChI is InChI=1S/C27H31NO4/c1-17(2)21-16-19(14-15-22(21)32-3)25(29)23-24(18-10-6-4-7-11-18)28(27(31)26(23)30)20-12-8-5-9-13-20/h4,6-7,10-11,14-17,20,24,29H,5,8-9,12-13H2,1-3H3/b25-23-. The third-order valence-electron chi connectivity index (χ3n) is 6.69. The SMILES string of the molecule is COc1ccc(/C(O)=C2/C(=O)C(=O)N(C3CCCCC3)C2c2ccccc2)cc1C(C)C. The molecule has 168 valence electrons. The topological polar surface area (TPSA) is 66.8 Å². The smallest absolute Gasteiger partial charge is 0.295 e. The maximum atomic E-state index is 13.3. The predicted molar refractivity (Wildman–Crippen MR) is 125 cm³/mol. The van der Waals surface area contributed by atoms with Crippen molar-refractivity contribution in [1.29, 1.82) is 0 Å². The molecule has 2 fully saturated rings. The Bertz CT molecular complexity index is 1030. The third kappa shape index (κ3) is 3.92. The molecule has 1 amide bonds. The number of methoxy groups -OCH3 is 1. The van der Waals surface area contributed by atoms with Crippen LogP contribution in [0.25, 0.3) is 5.76 Å². The van der Waals surface area contributed by atoms with Gasteiger partial charge in [-0.25, -0.2) is 0 Å². The Morgan fingerprint density at radius 1 is 1.03 bits per heavy atom. The summed E-state index contributed by atoms with van der Waals surface area (Å²) in [5, 5.41) is 11.4. The van der Waals surface area contributed by atoms with Crippen molar-refractivity contribution in [2.45, 2.75) is 64.0 Å². The summed E-state index contributed by atoms with van der Waals surface area (Å²) in [6, 6.07) is 14.4. The van der Waals surface area contributed by atoms with E-state index in [1.807, 2.05) is 50.2 Å². The number of carbonyl (C=O) groups is 2. The first-order valence-electron chi connectivity index (χ1n) is 11.5. The molecule has 5 heteroatoms. The molecule has 32 heavy (non-hydrogen) atoms. The van der Waals surface area contributed by atoms with Gasteiger partial charge in [0.1, 0.15) is 11.5 Å². The summed E-state index contributed by atoms with van der Waals surface area (Å²) in [6.07, 6.45) is 5.02. The molecular formula is C27H31NO4. The number of rotatable bonds is 5. The van der Waals surface area contributed by atoms with Gasteiger partial charge < -0.3 is 14.7 Å². The molecule has 0 aromatic heterocycles. The molecule has 1 saturated carbocycles. The van der Waals surface area contributed by atoms with Crippen LogP contribution in [-0.2, 0) is 9.59 Å². The van der Waals surface area contributed by atoms with Gasteiger partial charge in [0.2, 0.25) is 0 Å². The average molecular weight is 434 g/mol. The summed E-state index contributed by atoms with van der Waals surface area (Å²) in [5.74, 6) is -0.333. The normalized spacial score (nSPS) is 21.4. The Morgan fingerprint density at radius 2 is 1.72 bits per heavy atom. The zero-order chi connectivity index (χ0) is 22.8. The molecule has 2 aromatic rings. The quantitative estimate of drug-likeness (QED) is 0.380. The predicted octanol–water partition coefficient (Wildman–Crippen LogP) is 5.57. The van der Waals surface area contributed by atoms with Crippen LogP contribution in [0.15, 0.2) is 54.1 Å². The van der Waals surface area contributed by atoms with Crippen molar-refractivity contribution in [2.75, 3.05) is 7.11 Å². The first-order chi connectivity index (χ1) is 15.4. The highest BCUT2D eigenvalue weighted by Gasteiger charge is 2.48. The number of nitrogens with zero attached hydrogens (tertiary/aromatic N) is 1. The van der Waals surface area contributed by atoms with Crippen molar-refractivity contribution in [3.05, 3.63) is 70.8 Å². The number of hydrogen-bond acceptors (Lipinski definition) is 4. The van der Waals surface area contributed by atoms with Crippen LogP contribution in [0.5, 0.6) is 5.75 Å². The van der Waals surface area contributed by atoms with Crippen LogP contribution >= 0.6 is 0 Å². The lowest BCUT2D eigenvalue weighted by molar-refractivity contribution is -0.141. The van der Waals surface area contributed by atoms with Crippen LogP contribution in [0.1, 0.15) is 74.6 Å². The number of carbonyl (C=O) groups excluding carboxylic acids is 2. The lowest BCUT2D eigenvalue weighted by Gasteiger charge is -2.35. The summed E-state index contributed by atoms with van der Waals surface area (Å²) in [7, 11) is 1.62. The highest BCUT2D eigenvalue weighted by atomic mass is 16.5. The van der Waals surface area contributed by atoms with Gasteiger partial charge >= 0.3 is 0 Å². The van der Waals surface area contributed by atoms with Gasteiger partial charge in [-0.2, -0.15) is 0 Å². The Kier molecular flexibility index (Phi) is 6.35. The van der Waals surface area contributed by atoms with Gasteiger partial charge in [-0.05, 0) is 48.1 Å². The van der Waals surface area contributed by atoms with Gasteiger partial charge in [0, 0.05) is 11.6 Å². The van der Waals surface area contributed by atoms with E-state index in [-0.39, 0.29) is 23.3 Å². The van der Waals surface area contributed by atoms with E-state index in [4.69, 9.17) is 4.74 Å². The molecule has 0 radical (unpaired) electrons. The highest BCUT2D eigenvalue weighted by Crippen LogP contribution is 2.43. The summed E-state index contributed by atoms with van der Waals surface area (Å²) >= 11 is 0. The number of Topliss-reactive ketones (excluding diaryl/α,β-unsaturated/α-hetero) is 1. The average Bonchev–Trinajstić information content (AvgIpc) is 3.09. The van der Waals surface area contributed by atoms with E-state index in [0.29, 0.717) is 5.56 Å². The largest absolute Gasteiger partial charge is 0.507 e. The molecule has 0 spiro atoms. The van der Waals surface area contributed by atoms with Gasteiger partial charge in [0.15, 0.2) is 0 Å². The minimum Gasteiger partial charge on any atom is -0.507 e. The zero-order valence-electron chi connectivity index (χ0n) is 19.0. The molecule has 5 nitrogen and oxygen atoms in total. The molecule has 0 bridgehead atoms. The molecule has 1 aliphatic carbocycles. The summed E-state index contributed by atoms with van der Waals surface area (Å²) in [4.78, 5) is 28.2. The molecule has 1 N–H and O–H groups in total. The first-order valence-corrected chi connectivity index (χ1v) is 11.5. The minimum atomic E-state index is -0.608. The fraction of sp³-hybridized carbons (Fsp3) is 0.407. The molecule has 1 heterocycles. The van der Waals surface area contributed by atoms with Crippen LogP contribution in [-0.4, -0.2) is 34.8 Å². The van der Waals surface area contributed by atoms with Gasteiger partial charge in [-0.1, -0.05) is 63.4 Å². The molecule has 1 unspecified atom stereocenters. The number of ether oxygens (including phenoxy) is 1. The Morgan fingerprint density at radius 3 is 2.34 bits per heavy atom. The monoisotopic (exact) mass is 433 g/mol. The van der Waals surface area contributed by atoms with Crippen LogP contribution in [0.3, 0.4) is 0 Å².